The number of hydrogen-bond acceptors (Lipinski definition) is 4. The summed E-state index contributed by atoms with van der Waals surface area (Å²) in [6, 6.07) is 20.6. The Hall–Kier alpha value is -1.98. The van der Waals surface area contributed by atoms with Crippen LogP contribution in [0.5, 0.6) is 0 Å². The first-order valence-corrected chi connectivity index (χ1v) is 7.59. The molecule has 3 rings (SSSR count). The molecular weight excluding hydrogens is 292 g/mol. The molecule has 3 N–H and O–H groups in total. The summed E-state index contributed by atoms with van der Waals surface area (Å²) < 4.78 is 4.68. The van der Waals surface area contributed by atoms with Crippen LogP contribution >= 0.6 is 0 Å². The van der Waals surface area contributed by atoms with Crippen LogP contribution in [0, 0.1) is 0 Å². The highest BCUT2D eigenvalue weighted by molar-refractivity contribution is 5.69. The molecule has 3 atom stereocenters. The van der Waals surface area contributed by atoms with Gasteiger partial charge in [0.05, 0.1) is 12.7 Å². The molecule has 2 aromatic carbocycles. The molecule has 1 heterocycles. The van der Waals surface area contributed by atoms with E-state index in [0.29, 0.717) is 0 Å². The maximum atomic E-state index is 8.91. The van der Waals surface area contributed by atoms with Crippen molar-refractivity contribution in [3.8, 4) is 0 Å². The topological polar surface area (TPSA) is 69.9 Å². The number of rotatable bonds is 3. The monoisotopic (exact) mass is 314 g/mol. The molecule has 1 fully saturated rings. The molecule has 1 saturated heterocycles. The number of aliphatic hydroxyl groups is 3. The molecule has 4 heteroatoms. The zero-order valence-corrected chi connectivity index (χ0v) is 12.8. The smallest absolute Gasteiger partial charge is 0.157 e. The summed E-state index contributed by atoms with van der Waals surface area (Å²) >= 11 is 0. The largest absolute Gasteiger partial charge is 0.394 e. The zero-order chi connectivity index (χ0) is 16.5. The van der Waals surface area contributed by atoms with Crippen molar-refractivity contribution >= 4 is 12.2 Å². The number of aliphatic hydroxyl groups excluding tert-OH is 3. The molecular formula is C19H22O4. The SMILES string of the molecule is C(=Cc1ccccc1)c1ccccc1.OC[C@H]1OC(O)C[C@@H]1O. The highest BCUT2D eigenvalue weighted by atomic mass is 16.6. The standard InChI is InChI=1S/C14H12.C5H10O4/c1-3-7-13(8-4-1)11-12-14-9-5-2-6-10-14;6-2-4-3(7)1-5(8)9-4/h1-12H;3-8H,1-2H2/t;3-,4+,5?/m.0/s1. The third-order valence-electron chi connectivity index (χ3n) is 3.45. The molecule has 0 amide bonds. The van der Waals surface area contributed by atoms with E-state index in [9.17, 15) is 0 Å². The number of benzene rings is 2. The second-order valence-corrected chi connectivity index (χ2v) is 5.27. The Morgan fingerprint density at radius 1 is 0.870 bits per heavy atom. The Kier molecular flexibility index (Phi) is 6.97. The quantitative estimate of drug-likeness (QED) is 0.760. The molecule has 1 aliphatic heterocycles. The molecule has 0 bridgehead atoms. The maximum absolute atomic E-state index is 8.91. The lowest BCUT2D eigenvalue weighted by atomic mass is 10.1. The van der Waals surface area contributed by atoms with Gasteiger partial charge in [0.1, 0.15) is 6.10 Å². The van der Waals surface area contributed by atoms with Crippen LogP contribution in [0.1, 0.15) is 17.5 Å². The minimum Gasteiger partial charge on any atom is -0.394 e. The summed E-state index contributed by atoms with van der Waals surface area (Å²) in [7, 11) is 0. The van der Waals surface area contributed by atoms with Crippen molar-refractivity contribution in [2.24, 2.45) is 0 Å². The summed E-state index contributed by atoms with van der Waals surface area (Å²) in [5.74, 6) is 0. The molecule has 2 aromatic rings. The van der Waals surface area contributed by atoms with E-state index < -0.39 is 18.5 Å². The van der Waals surface area contributed by atoms with Gasteiger partial charge in [0, 0.05) is 6.42 Å². The van der Waals surface area contributed by atoms with Crippen LogP contribution in [0.3, 0.4) is 0 Å². The van der Waals surface area contributed by atoms with Crippen molar-refractivity contribution in [1.82, 2.24) is 0 Å². The third kappa shape index (κ3) is 5.96. The van der Waals surface area contributed by atoms with Crippen molar-refractivity contribution in [3.63, 3.8) is 0 Å². The van der Waals surface area contributed by atoms with Crippen LogP contribution in [0.25, 0.3) is 12.2 Å². The first kappa shape index (κ1) is 17.4. The summed E-state index contributed by atoms with van der Waals surface area (Å²) in [4.78, 5) is 0. The van der Waals surface area contributed by atoms with Crippen molar-refractivity contribution in [3.05, 3.63) is 71.8 Å². The Morgan fingerprint density at radius 2 is 1.35 bits per heavy atom. The van der Waals surface area contributed by atoms with Gasteiger partial charge in [-0.05, 0) is 11.1 Å². The van der Waals surface area contributed by atoms with E-state index in [4.69, 9.17) is 15.3 Å². The lowest BCUT2D eigenvalue weighted by Gasteiger charge is -2.08. The minimum absolute atomic E-state index is 0.200. The second-order valence-electron chi connectivity index (χ2n) is 5.27. The molecule has 0 spiro atoms. The fourth-order valence-corrected chi connectivity index (χ4v) is 2.19. The van der Waals surface area contributed by atoms with E-state index in [0.717, 1.165) is 0 Å². The summed E-state index contributed by atoms with van der Waals surface area (Å²) in [6.45, 7) is -0.238. The normalized spacial score (nSPS) is 23.5. The third-order valence-corrected chi connectivity index (χ3v) is 3.45. The molecule has 0 aromatic heterocycles. The molecule has 1 unspecified atom stereocenters. The summed E-state index contributed by atoms with van der Waals surface area (Å²) in [6.07, 6.45) is 2.22. The molecule has 1 aliphatic rings. The van der Waals surface area contributed by atoms with E-state index in [2.05, 4.69) is 41.2 Å². The maximum Gasteiger partial charge on any atom is 0.157 e. The lowest BCUT2D eigenvalue weighted by molar-refractivity contribution is -0.107. The van der Waals surface area contributed by atoms with E-state index in [-0.39, 0.29) is 13.0 Å². The van der Waals surface area contributed by atoms with Crippen LogP contribution in [0.2, 0.25) is 0 Å². The van der Waals surface area contributed by atoms with E-state index in [1.165, 1.54) is 11.1 Å². The van der Waals surface area contributed by atoms with Gasteiger partial charge in [-0.1, -0.05) is 72.8 Å². The van der Waals surface area contributed by atoms with Crippen LogP contribution in [-0.2, 0) is 4.74 Å². The Labute approximate surface area is 136 Å². The number of ether oxygens (including phenoxy) is 1. The minimum atomic E-state index is -0.905. The predicted octanol–water partition coefficient (Wildman–Crippen LogP) is 2.30. The fourth-order valence-electron chi connectivity index (χ4n) is 2.19. The molecule has 4 nitrogen and oxygen atoms in total. The molecule has 23 heavy (non-hydrogen) atoms. The molecule has 0 radical (unpaired) electrons. The average molecular weight is 314 g/mol. The van der Waals surface area contributed by atoms with E-state index >= 15 is 0 Å². The first-order chi connectivity index (χ1) is 11.2. The first-order valence-electron chi connectivity index (χ1n) is 7.59. The number of hydrogen-bond donors (Lipinski definition) is 3. The predicted molar refractivity (Wildman–Crippen MR) is 90.4 cm³/mol. The van der Waals surface area contributed by atoms with Crippen molar-refractivity contribution in [2.75, 3.05) is 6.61 Å². The lowest BCUT2D eigenvalue weighted by Crippen LogP contribution is -2.24. The Balaban J connectivity index is 0.000000185. The Bertz CT molecular complexity index is 541. The van der Waals surface area contributed by atoms with Gasteiger partial charge in [-0.2, -0.15) is 0 Å². The van der Waals surface area contributed by atoms with Crippen molar-refractivity contribution < 1.29 is 20.1 Å². The van der Waals surface area contributed by atoms with Gasteiger partial charge in [0.25, 0.3) is 0 Å². The molecule has 122 valence electrons. The van der Waals surface area contributed by atoms with Gasteiger partial charge in [0.2, 0.25) is 0 Å². The van der Waals surface area contributed by atoms with Gasteiger partial charge >= 0.3 is 0 Å². The zero-order valence-electron chi connectivity index (χ0n) is 12.8. The van der Waals surface area contributed by atoms with Crippen LogP contribution in [0.15, 0.2) is 60.7 Å². The van der Waals surface area contributed by atoms with Crippen LogP contribution in [0.4, 0.5) is 0 Å². The van der Waals surface area contributed by atoms with Crippen molar-refractivity contribution in [1.29, 1.82) is 0 Å². The second kappa shape index (κ2) is 9.22. The Morgan fingerprint density at radius 3 is 1.65 bits per heavy atom. The van der Waals surface area contributed by atoms with Crippen molar-refractivity contribution in [2.45, 2.75) is 24.9 Å². The fraction of sp³-hybridized carbons (Fsp3) is 0.263. The van der Waals surface area contributed by atoms with E-state index in [1.807, 2.05) is 36.4 Å². The van der Waals surface area contributed by atoms with Crippen LogP contribution < -0.4 is 0 Å². The summed E-state index contributed by atoms with van der Waals surface area (Å²) in [5, 5.41) is 26.1. The van der Waals surface area contributed by atoms with Gasteiger partial charge in [-0.25, -0.2) is 0 Å². The highest BCUT2D eigenvalue weighted by Crippen LogP contribution is 2.17. The highest BCUT2D eigenvalue weighted by Gasteiger charge is 2.31. The van der Waals surface area contributed by atoms with Gasteiger partial charge in [0.15, 0.2) is 6.29 Å². The molecule has 0 aliphatic carbocycles. The van der Waals surface area contributed by atoms with Gasteiger partial charge in [-0.3, -0.25) is 0 Å². The van der Waals surface area contributed by atoms with E-state index in [1.54, 1.807) is 0 Å². The molecule has 0 saturated carbocycles. The van der Waals surface area contributed by atoms with Gasteiger partial charge in [-0.15, -0.1) is 0 Å². The summed E-state index contributed by atoms with van der Waals surface area (Å²) in [5.41, 5.74) is 2.47. The van der Waals surface area contributed by atoms with Crippen LogP contribution in [-0.4, -0.2) is 40.4 Å². The average Bonchev–Trinajstić information content (AvgIpc) is 2.93. The van der Waals surface area contributed by atoms with Gasteiger partial charge < -0.3 is 20.1 Å².